The molecule has 1 unspecified atom stereocenters. The Morgan fingerprint density at radius 2 is 1.95 bits per heavy atom. The number of likely N-dealkylation sites (tertiary alicyclic amines) is 1. The van der Waals surface area contributed by atoms with Crippen molar-refractivity contribution >= 4 is 29.1 Å². The van der Waals surface area contributed by atoms with Crippen molar-refractivity contribution in [2.24, 2.45) is 5.41 Å². The van der Waals surface area contributed by atoms with E-state index < -0.39 is 11.1 Å². The first-order valence-corrected chi connectivity index (χ1v) is 7.83. The van der Waals surface area contributed by atoms with Crippen molar-refractivity contribution in [2.75, 3.05) is 13.1 Å². The monoisotopic (exact) mass is 331 g/mol. The molecule has 1 heterocycles. The van der Waals surface area contributed by atoms with Gasteiger partial charge in [-0.3, -0.25) is 4.79 Å². The summed E-state index contributed by atoms with van der Waals surface area (Å²) < 4.78 is 15.3. The number of carbonyl (C=O) groups is 1. The fourth-order valence-electron chi connectivity index (χ4n) is 2.67. The summed E-state index contributed by atoms with van der Waals surface area (Å²) in [6, 6.07) is 4.82. The first-order valence-electron chi connectivity index (χ1n) is 7.07. The van der Waals surface area contributed by atoms with Gasteiger partial charge in [0.1, 0.15) is 0 Å². The van der Waals surface area contributed by atoms with Crippen molar-refractivity contribution in [3.8, 4) is 0 Å². The van der Waals surface area contributed by atoms with Crippen LogP contribution in [0.2, 0.25) is 10.0 Å². The third kappa shape index (κ3) is 3.51. The Morgan fingerprint density at radius 1 is 1.29 bits per heavy atom. The number of piperidine rings is 1. The van der Waals surface area contributed by atoms with E-state index in [1.807, 2.05) is 20.8 Å². The Kier molecular flexibility index (Phi) is 4.55. The van der Waals surface area contributed by atoms with Gasteiger partial charge in [0.2, 0.25) is 5.91 Å². The van der Waals surface area contributed by atoms with Gasteiger partial charge in [-0.05, 0) is 30.5 Å². The fourth-order valence-corrected chi connectivity index (χ4v) is 2.97. The van der Waals surface area contributed by atoms with Crippen LogP contribution in [0.15, 0.2) is 18.2 Å². The van der Waals surface area contributed by atoms with Crippen LogP contribution < -0.4 is 0 Å². The van der Waals surface area contributed by atoms with Gasteiger partial charge in [-0.1, -0.05) is 50.0 Å². The molecule has 2 rings (SSSR count). The molecular weight excluding hydrogens is 312 g/mol. The van der Waals surface area contributed by atoms with E-state index in [-0.39, 0.29) is 12.5 Å². The highest BCUT2D eigenvalue weighted by Gasteiger charge is 2.41. The van der Waals surface area contributed by atoms with Crippen molar-refractivity contribution < 1.29 is 9.18 Å². The summed E-state index contributed by atoms with van der Waals surface area (Å²) in [5.41, 5.74) is -1.58. The molecular formula is C16H20Cl2FNO. The third-order valence-electron chi connectivity index (χ3n) is 3.81. The molecule has 1 saturated heterocycles. The van der Waals surface area contributed by atoms with Crippen LogP contribution in [0.3, 0.4) is 0 Å². The highest BCUT2D eigenvalue weighted by atomic mass is 35.5. The second kappa shape index (κ2) is 5.77. The number of hydrogen-bond acceptors (Lipinski definition) is 1. The topological polar surface area (TPSA) is 20.3 Å². The van der Waals surface area contributed by atoms with Gasteiger partial charge in [0.15, 0.2) is 5.67 Å². The van der Waals surface area contributed by atoms with E-state index in [1.165, 1.54) is 0 Å². The largest absolute Gasteiger partial charge is 0.339 e. The molecule has 0 spiro atoms. The van der Waals surface area contributed by atoms with E-state index in [0.717, 1.165) is 0 Å². The first-order chi connectivity index (χ1) is 9.63. The lowest BCUT2D eigenvalue weighted by Gasteiger charge is -2.40. The van der Waals surface area contributed by atoms with Crippen LogP contribution in [-0.2, 0) is 10.5 Å². The minimum atomic E-state index is -1.56. The minimum Gasteiger partial charge on any atom is -0.339 e. The highest BCUT2D eigenvalue weighted by Crippen LogP contribution is 2.39. The fraction of sp³-hybridized carbons (Fsp3) is 0.562. The predicted molar refractivity (Wildman–Crippen MR) is 84.5 cm³/mol. The molecule has 1 amide bonds. The van der Waals surface area contributed by atoms with E-state index in [2.05, 4.69) is 0 Å². The molecule has 0 aliphatic carbocycles. The number of rotatable bonds is 1. The number of hydrogen-bond donors (Lipinski definition) is 0. The molecule has 1 atom stereocenters. The van der Waals surface area contributed by atoms with E-state index >= 15 is 4.39 Å². The zero-order chi connectivity index (χ0) is 15.8. The molecule has 1 aliphatic heterocycles. The molecule has 0 saturated carbocycles. The van der Waals surface area contributed by atoms with Gasteiger partial charge in [-0.2, -0.15) is 0 Å². The predicted octanol–water partition coefficient (Wildman–Crippen LogP) is 4.83. The molecule has 21 heavy (non-hydrogen) atoms. The van der Waals surface area contributed by atoms with Gasteiger partial charge in [-0.15, -0.1) is 0 Å². The Balaban J connectivity index is 2.26. The molecule has 0 aromatic heterocycles. The summed E-state index contributed by atoms with van der Waals surface area (Å²) in [4.78, 5) is 14.0. The van der Waals surface area contributed by atoms with Gasteiger partial charge in [0.25, 0.3) is 0 Å². The SMILES string of the molecule is CC(C)(C)C(=O)N1CCCC(F)(c2ccc(Cl)c(Cl)c2)C1. The lowest BCUT2D eigenvalue weighted by molar-refractivity contribution is -0.144. The first kappa shape index (κ1) is 16.6. The number of carbonyl (C=O) groups excluding carboxylic acids is 1. The van der Waals surface area contributed by atoms with Crippen molar-refractivity contribution in [2.45, 2.75) is 39.3 Å². The zero-order valence-corrected chi connectivity index (χ0v) is 14.1. The van der Waals surface area contributed by atoms with E-state index in [1.54, 1.807) is 23.1 Å². The molecule has 1 fully saturated rings. The third-order valence-corrected chi connectivity index (χ3v) is 4.55. The van der Waals surface area contributed by atoms with Gasteiger partial charge < -0.3 is 4.90 Å². The maximum atomic E-state index is 15.3. The number of benzene rings is 1. The number of nitrogens with zero attached hydrogens (tertiary/aromatic N) is 1. The summed E-state index contributed by atoms with van der Waals surface area (Å²) in [5, 5.41) is 0.743. The van der Waals surface area contributed by atoms with E-state index in [4.69, 9.17) is 23.2 Å². The maximum absolute atomic E-state index is 15.3. The standard InChI is InChI=1S/C16H20Cl2FNO/c1-15(2,3)14(21)20-8-4-7-16(19,10-20)11-5-6-12(17)13(18)9-11/h5-6,9H,4,7-8,10H2,1-3H3. The lowest BCUT2D eigenvalue weighted by atomic mass is 9.85. The average Bonchev–Trinajstić information content (AvgIpc) is 2.40. The van der Waals surface area contributed by atoms with Crippen LogP contribution in [-0.4, -0.2) is 23.9 Å². The van der Waals surface area contributed by atoms with Crippen LogP contribution in [0.4, 0.5) is 4.39 Å². The Hall–Kier alpha value is -0.800. The summed E-state index contributed by atoms with van der Waals surface area (Å²) in [6.07, 6.45) is 1.03. The minimum absolute atomic E-state index is 0.0238. The number of halogens is 3. The van der Waals surface area contributed by atoms with Crippen molar-refractivity contribution in [1.29, 1.82) is 0 Å². The molecule has 1 aromatic carbocycles. The molecule has 0 bridgehead atoms. The van der Waals surface area contributed by atoms with Crippen LogP contribution >= 0.6 is 23.2 Å². The van der Waals surface area contributed by atoms with Crippen molar-refractivity contribution in [3.05, 3.63) is 33.8 Å². The van der Waals surface area contributed by atoms with Crippen LogP contribution in [0, 0.1) is 5.41 Å². The summed E-state index contributed by atoms with van der Waals surface area (Å²) in [5.74, 6) is -0.0238. The van der Waals surface area contributed by atoms with Crippen LogP contribution in [0.5, 0.6) is 0 Å². The molecule has 0 N–H and O–H groups in total. The van der Waals surface area contributed by atoms with Crippen LogP contribution in [0.1, 0.15) is 39.2 Å². The number of alkyl halides is 1. The summed E-state index contributed by atoms with van der Waals surface area (Å²) in [7, 11) is 0. The number of amides is 1. The van der Waals surface area contributed by atoms with Crippen molar-refractivity contribution in [3.63, 3.8) is 0 Å². The Morgan fingerprint density at radius 3 is 2.52 bits per heavy atom. The van der Waals surface area contributed by atoms with Gasteiger partial charge in [-0.25, -0.2) is 4.39 Å². The molecule has 0 radical (unpaired) electrons. The lowest BCUT2D eigenvalue weighted by Crippen LogP contribution is -2.49. The maximum Gasteiger partial charge on any atom is 0.228 e. The zero-order valence-electron chi connectivity index (χ0n) is 12.5. The highest BCUT2D eigenvalue weighted by molar-refractivity contribution is 6.42. The van der Waals surface area contributed by atoms with Crippen molar-refractivity contribution in [1.82, 2.24) is 4.90 Å². The van der Waals surface area contributed by atoms with E-state index in [9.17, 15) is 4.79 Å². The molecule has 5 heteroatoms. The van der Waals surface area contributed by atoms with Gasteiger partial charge in [0.05, 0.1) is 16.6 Å². The van der Waals surface area contributed by atoms with Gasteiger partial charge >= 0.3 is 0 Å². The second-order valence-electron chi connectivity index (χ2n) is 6.67. The Labute approximate surface area is 135 Å². The smallest absolute Gasteiger partial charge is 0.228 e. The summed E-state index contributed by atoms with van der Waals surface area (Å²) >= 11 is 11.9. The summed E-state index contributed by atoms with van der Waals surface area (Å²) in [6.45, 7) is 6.22. The Bertz CT molecular complexity index is 556. The van der Waals surface area contributed by atoms with Crippen LogP contribution in [0.25, 0.3) is 0 Å². The molecule has 116 valence electrons. The molecule has 1 aromatic rings. The second-order valence-corrected chi connectivity index (χ2v) is 7.49. The molecule has 1 aliphatic rings. The average molecular weight is 332 g/mol. The normalized spacial score (nSPS) is 23.2. The molecule has 2 nitrogen and oxygen atoms in total. The van der Waals surface area contributed by atoms with Gasteiger partial charge in [0, 0.05) is 12.0 Å². The quantitative estimate of drug-likeness (QED) is 0.721. The van der Waals surface area contributed by atoms with E-state index in [0.29, 0.717) is 35.0 Å².